The molecule has 1 saturated carbocycles. The summed E-state index contributed by atoms with van der Waals surface area (Å²) < 4.78 is 0. The number of fused-ring (bicyclic) bond motifs is 6. The van der Waals surface area contributed by atoms with Crippen LogP contribution in [-0.2, 0) is 12.0 Å². The molecule has 0 unspecified atom stereocenters. The smallest absolute Gasteiger partial charge is 0.0617 e. The number of unbranched alkanes of at least 4 members (excludes halogenated alkanes) is 1. The minimum atomic E-state index is -0.0724. The third-order valence-corrected chi connectivity index (χ3v) is 7.63. The second-order valence-corrected chi connectivity index (χ2v) is 9.05. The Labute approximate surface area is 156 Å². The van der Waals surface area contributed by atoms with Gasteiger partial charge in [0.05, 0.1) is 11.6 Å². The lowest BCUT2D eigenvalue weighted by Gasteiger charge is -2.56. The first-order valence-electron chi connectivity index (χ1n) is 10.7. The first-order valence-corrected chi connectivity index (χ1v) is 10.7. The molecule has 3 aliphatic rings. The van der Waals surface area contributed by atoms with E-state index >= 15 is 0 Å². The molecule has 3 heterocycles. The van der Waals surface area contributed by atoms with Crippen molar-refractivity contribution in [2.75, 3.05) is 13.1 Å². The zero-order valence-corrected chi connectivity index (χ0v) is 16.0. The molecule has 2 aliphatic heterocycles. The van der Waals surface area contributed by atoms with Gasteiger partial charge in [0.25, 0.3) is 0 Å². The highest BCUT2D eigenvalue weighted by molar-refractivity contribution is 5.85. The molecule has 1 aromatic carbocycles. The van der Waals surface area contributed by atoms with E-state index in [1.807, 2.05) is 0 Å². The predicted molar refractivity (Wildman–Crippen MR) is 106 cm³/mol. The van der Waals surface area contributed by atoms with Crippen molar-refractivity contribution in [2.24, 2.45) is 11.8 Å². The van der Waals surface area contributed by atoms with E-state index in [0.29, 0.717) is 5.92 Å². The first-order chi connectivity index (χ1) is 12.7. The summed E-state index contributed by atoms with van der Waals surface area (Å²) in [6, 6.07) is 8.86. The fourth-order valence-electron chi connectivity index (χ4n) is 6.34. The molecule has 0 spiro atoms. The molecule has 26 heavy (non-hydrogen) atoms. The quantitative estimate of drug-likeness (QED) is 0.848. The van der Waals surface area contributed by atoms with Crippen molar-refractivity contribution in [2.45, 2.75) is 69.9 Å². The fraction of sp³-hybridized carbons (Fsp3) is 0.652. The molecular weight excluding hydrogens is 320 g/mol. The number of para-hydroxylation sites is 1. The lowest BCUT2D eigenvalue weighted by atomic mass is 9.64. The molecule has 2 fully saturated rings. The summed E-state index contributed by atoms with van der Waals surface area (Å²) in [7, 11) is 0. The van der Waals surface area contributed by atoms with Gasteiger partial charge in [-0.25, -0.2) is 0 Å². The van der Waals surface area contributed by atoms with Gasteiger partial charge in [0.1, 0.15) is 0 Å². The van der Waals surface area contributed by atoms with Crippen molar-refractivity contribution >= 4 is 10.9 Å². The van der Waals surface area contributed by atoms with Gasteiger partial charge in [-0.1, -0.05) is 38.0 Å². The van der Waals surface area contributed by atoms with Crippen molar-refractivity contribution in [3.8, 4) is 0 Å². The van der Waals surface area contributed by atoms with E-state index in [-0.39, 0.29) is 11.6 Å². The van der Waals surface area contributed by atoms with Gasteiger partial charge in [0.2, 0.25) is 0 Å². The number of aliphatic hydroxyl groups is 1. The average Bonchev–Trinajstić information content (AvgIpc) is 3.04. The third-order valence-electron chi connectivity index (χ3n) is 7.63. The molecule has 2 aromatic rings. The minimum Gasteiger partial charge on any atom is -0.393 e. The van der Waals surface area contributed by atoms with Crippen LogP contribution in [0.4, 0.5) is 0 Å². The molecule has 3 nitrogen and oxygen atoms in total. The number of hydrogen-bond acceptors (Lipinski definition) is 2. The largest absolute Gasteiger partial charge is 0.393 e. The highest BCUT2D eigenvalue weighted by Crippen LogP contribution is 2.52. The van der Waals surface area contributed by atoms with Gasteiger partial charge in [-0.15, -0.1) is 0 Å². The van der Waals surface area contributed by atoms with Crippen LogP contribution in [0, 0.1) is 11.8 Å². The summed E-state index contributed by atoms with van der Waals surface area (Å²) in [6.07, 6.45) is 9.36. The number of benzene rings is 1. The second-order valence-electron chi connectivity index (χ2n) is 9.05. The Morgan fingerprint density at radius 1 is 1.23 bits per heavy atom. The number of piperidine rings is 1. The molecule has 140 valence electrons. The van der Waals surface area contributed by atoms with Crippen LogP contribution in [0.25, 0.3) is 10.9 Å². The second kappa shape index (κ2) is 6.38. The fourth-order valence-corrected chi connectivity index (χ4v) is 6.34. The molecule has 3 heteroatoms. The summed E-state index contributed by atoms with van der Waals surface area (Å²) in [6.45, 7) is 4.74. The molecule has 5 rings (SSSR count). The van der Waals surface area contributed by atoms with Crippen molar-refractivity contribution in [3.63, 3.8) is 0 Å². The van der Waals surface area contributed by atoms with Crippen molar-refractivity contribution < 1.29 is 5.11 Å². The Balaban J connectivity index is 1.61. The van der Waals surface area contributed by atoms with E-state index in [4.69, 9.17) is 0 Å². The van der Waals surface area contributed by atoms with Crippen LogP contribution < -0.4 is 0 Å². The Morgan fingerprint density at radius 2 is 2.12 bits per heavy atom. The van der Waals surface area contributed by atoms with E-state index in [2.05, 4.69) is 41.1 Å². The van der Waals surface area contributed by atoms with E-state index in [1.54, 1.807) is 5.56 Å². The van der Waals surface area contributed by atoms with E-state index < -0.39 is 0 Å². The summed E-state index contributed by atoms with van der Waals surface area (Å²) in [5.41, 5.74) is 4.56. The summed E-state index contributed by atoms with van der Waals surface area (Å²) in [5.74, 6) is 1.48. The number of rotatable bonds is 3. The number of nitrogens with zero attached hydrogens (tertiary/aromatic N) is 1. The van der Waals surface area contributed by atoms with Gasteiger partial charge in [0.15, 0.2) is 0 Å². The molecule has 4 atom stereocenters. The SMILES string of the molecule is CCCC[C@@]12C[C@@H]3C[C@H](O)CC[C@H]3CN1CCc1c2[nH]c2ccccc12. The van der Waals surface area contributed by atoms with Crippen molar-refractivity contribution in [3.05, 3.63) is 35.5 Å². The maximum atomic E-state index is 10.3. The Morgan fingerprint density at radius 3 is 3.00 bits per heavy atom. The summed E-state index contributed by atoms with van der Waals surface area (Å²) in [5, 5.41) is 11.7. The number of aromatic nitrogens is 1. The van der Waals surface area contributed by atoms with Gasteiger partial charge in [-0.2, -0.15) is 0 Å². The Hall–Kier alpha value is -1.32. The van der Waals surface area contributed by atoms with E-state index in [0.717, 1.165) is 18.8 Å². The number of hydrogen-bond donors (Lipinski definition) is 2. The molecule has 1 aromatic heterocycles. The van der Waals surface area contributed by atoms with E-state index in [1.165, 1.54) is 68.2 Å². The standard InChI is InChI=1S/C23H32N2O/c1-2-3-11-23-14-17-13-18(26)9-8-16(17)15-25(23)12-10-20-19-6-4-5-7-21(19)24-22(20)23/h4-7,16-18,24,26H,2-3,8-15H2,1H3/t16-,17-,18+,23-/m0/s1. The van der Waals surface area contributed by atoms with Gasteiger partial charge in [-0.3, -0.25) is 4.90 Å². The predicted octanol–water partition coefficient (Wildman–Crippen LogP) is 4.59. The molecule has 2 N–H and O–H groups in total. The lowest BCUT2D eigenvalue weighted by molar-refractivity contribution is -0.0677. The summed E-state index contributed by atoms with van der Waals surface area (Å²) in [4.78, 5) is 6.70. The molecule has 0 amide bonds. The van der Waals surface area contributed by atoms with Gasteiger partial charge < -0.3 is 10.1 Å². The first kappa shape index (κ1) is 16.8. The van der Waals surface area contributed by atoms with Crippen LogP contribution in [0.1, 0.15) is 63.1 Å². The van der Waals surface area contributed by atoms with E-state index in [9.17, 15) is 5.11 Å². The maximum absolute atomic E-state index is 10.3. The zero-order valence-electron chi connectivity index (χ0n) is 16.0. The molecule has 0 radical (unpaired) electrons. The molecule has 0 bridgehead atoms. The Bertz CT molecular complexity index is 797. The van der Waals surface area contributed by atoms with Crippen LogP contribution in [0.15, 0.2) is 24.3 Å². The van der Waals surface area contributed by atoms with Crippen LogP contribution in [0.5, 0.6) is 0 Å². The number of nitrogens with one attached hydrogen (secondary N) is 1. The van der Waals surface area contributed by atoms with Gasteiger partial charge >= 0.3 is 0 Å². The molecule has 1 aliphatic carbocycles. The minimum absolute atomic E-state index is 0.0724. The van der Waals surface area contributed by atoms with Crippen molar-refractivity contribution in [1.82, 2.24) is 9.88 Å². The molecule has 1 saturated heterocycles. The molecular formula is C23H32N2O. The van der Waals surface area contributed by atoms with Crippen LogP contribution >= 0.6 is 0 Å². The normalized spacial score (nSPS) is 34.3. The highest BCUT2D eigenvalue weighted by atomic mass is 16.3. The average molecular weight is 353 g/mol. The van der Waals surface area contributed by atoms with Crippen molar-refractivity contribution in [1.29, 1.82) is 0 Å². The number of H-pyrrole nitrogens is 1. The zero-order chi connectivity index (χ0) is 17.7. The lowest BCUT2D eigenvalue weighted by Crippen LogP contribution is -2.59. The highest BCUT2D eigenvalue weighted by Gasteiger charge is 2.51. The van der Waals surface area contributed by atoms with Crippen LogP contribution in [0.2, 0.25) is 0 Å². The van der Waals surface area contributed by atoms with Gasteiger partial charge in [0, 0.05) is 29.7 Å². The van der Waals surface area contributed by atoms with Crippen LogP contribution in [0.3, 0.4) is 0 Å². The van der Waals surface area contributed by atoms with Gasteiger partial charge in [-0.05, 0) is 62.0 Å². The van der Waals surface area contributed by atoms with Crippen LogP contribution in [-0.4, -0.2) is 34.2 Å². The maximum Gasteiger partial charge on any atom is 0.0617 e. The number of aliphatic hydroxyl groups excluding tert-OH is 1. The summed E-state index contributed by atoms with van der Waals surface area (Å²) >= 11 is 0. The third kappa shape index (κ3) is 2.47. The monoisotopic (exact) mass is 352 g/mol. The topological polar surface area (TPSA) is 39.3 Å². The Kier molecular flexibility index (Phi) is 4.13. The number of aromatic amines is 1.